The molecule has 0 radical (unpaired) electrons. The molecule has 0 bridgehead atoms. The minimum absolute atomic E-state index is 0.249. The third-order valence-electron chi connectivity index (χ3n) is 2.05. The lowest BCUT2D eigenvalue weighted by molar-refractivity contribution is 0.631. The van der Waals surface area contributed by atoms with E-state index in [0.717, 1.165) is 18.7 Å². The van der Waals surface area contributed by atoms with E-state index >= 15 is 0 Å². The molecule has 0 fully saturated rings. The molecule has 0 atom stereocenters. The van der Waals surface area contributed by atoms with Crippen LogP contribution in [0, 0.1) is 12.7 Å². The quantitative estimate of drug-likeness (QED) is 0.709. The molecule has 1 aliphatic heterocycles. The Balaban J connectivity index is 2.16. The highest BCUT2D eigenvalue weighted by molar-refractivity contribution is 5.94. The molecule has 0 aromatic heterocycles. The predicted molar refractivity (Wildman–Crippen MR) is 55.1 cm³/mol. The fourth-order valence-corrected chi connectivity index (χ4v) is 1.33. The zero-order valence-electron chi connectivity index (χ0n) is 7.97. The van der Waals surface area contributed by atoms with Crippen LogP contribution in [0.1, 0.15) is 5.56 Å². The molecular formula is C10H12FN3. The number of guanidine groups is 1. The van der Waals surface area contributed by atoms with Crippen LogP contribution in [0.2, 0.25) is 0 Å². The van der Waals surface area contributed by atoms with Gasteiger partial charge in [0.05, 0.1) is 12.2 Å². The molecule has 0 spiro atoms. The lowest BCUT2D eigenvalue weighted by Gasteiger charge is -2.07. The maximum atomic E-state index is 13.4. The smallest absolute Gasteiger partial charge is 0.196 e. The van der Waals surface area contributed by atoms with Crippen LogP contribution >= 0.6 is 0 Å². The second kappa shape index (κ2) is 3.65. The number of nitrogens with zero attached hydrogens (tertiary/aromatic N) is 1. The summed E-state index contributed by atoms with van der Waals surface area (Å²) in [6.07, 6.45) is 0. The van der Waals surface area contributed by atoms with Crippen molar-refractivity contribution >= 4 is 11.6 Å². The number of aliphatic imine (C=N–C) groups is 1. The molecule has 1 aromatic carbocycles. The van der Waals surface area contributed by atoms with E-state index in [2.05, 4.69) is 15.6 Å². The molecule has 1 heterocycles. The van der Waals surface area contributed by atoms with Crippen molar-refractivity contribution in [3.63, 3.8) is 0 Å². The molecule has 74 valence electrons. The Labute approximate surface area is 82.0 Å². The van der Waals surface area contributed by atoms with Crippen molar-refractivity contribution < 1.29 is 4.39 Å². The molecule has 3 nitrogen and oxygen atoms in total. The van der Waals surface area contributed by atoms with Crippen molar-refractivity contribution in [2.24, 2.45) is 4.99 Å². The lowest BCUT2D eigenvalue weighted by atomic mass is 10.2. The zero-order valence-corrected chi connectivity index (χ0v) is 7.97. The Hall–Kier alpha value is -1.58. The highest BCUT2D eigenvalue weighted by atomic mass is 19.1. The van der Waals surface area contributed by atoms with Crippen LogP contribution < -0.4 is 10.6 Å². The van der Waals surface area contributed by atoms with Crippen molar-refractivity contribution in [2.45, 2.75) is 6.92 Å². The molecule has 1 aromatic rings. The summed E-state index contributed by atoms with van der Waals surface area (Å²) in [5, 5.41) is 5.92. The average Bonchev–Trinajstić information content (AvgIpc) is 2.62. The Kier molecular flexibility index (Phi) is 2.35. The number of aryl methyl sites for hydroxylation is 1. The van der Waals surface area contributed by atoms with Gasteiger partial charge in [-0.2, -0.15) is 0 Å². The van der Waals surface area contributed by atoms with Gasteiger partial charge in [0.1, 0.15) is 5.82 Å². The molecule has 0 amide bonds. The normalized spacial score (nSPS) is 14.9. The van der Waals surface area contributed by atoms with Gasteiger partial charge in [-0.25, -0.2) is 4.39 Å². The second-order valence-electron chi connectivity index (χ2n) is 3.27. The maximum Gasteiger partial charge on any atom is 0.196 e. The van der Waals surface area contributed by atoms with Gasteiger partial charge < -0.3 is 10.6 Å². The largest absolute Gasteiger partial charge is 0.354 e. The number of halogens is 1. The maximum absolute atomic E-state index is 13.4. The van der Waals surface area contributed by atoms with E-state index in [1.54, 1.807) is 6.07 Å². The van der Waals surface area contributed by atoms with Gasteiger partial charge in [0.2, 0.25) is 0 Å². The third kappa shape index (κ3) is 1.84. The van der Waals surface area contributed by atoms with Crippen LogP contribution in [0.25, 0.3) is 0 Å². The summed E-state index contributed by atoms with van der Waals surface area (Å²) in [6, 6.07) is 5.08. The predicted octanol–water partition coefficient (Wildman–Crippen LogP) is 1.51. The first-order chi connectivity index (χ1) is 6.75. The Morgan fingerprint density at radius 2 is 2.36 bits per heavy atom. The van der Waals surface area contributed by atoms with E-state index in [0.29, 0.717) is 11.6 Å². The van der Waals surface area contributed by atoms with E-state index < -0.39 is 0 Å². The first-order valence-corrected chi connectivity index (χ1v) is 4.57. The molecule has 0 unspecified atom stereocenters. The van der Waals surface area contributed by atoms with E-state index in [4.69, 9.17) is 0 Å². The first kappa shape index (κ1) is 8.99. The van der Waals surface area contributed by atoms with E-state index in [1.807, 2.05) is 13.0 Å². The SMILES string of the molecule is Cc1ccc(NC2=NCCN2)c(F)c1. The van der Waals surface area contributed by atoms with Crippen LogP contribution in [0.3, 0.4) is 0 Å². The van der Waals surface area contributed by atoms with Gasteiger partial charge in [0.25, 0.3) is 0 Å². The lowest BCUT2D eigenvalue weighted by Crippen LogP contribution is -2.26. The summed E-state index contributed by atoms with van der Waals surface area (Å²) >= 11 is 0. The van der Waals surface area contributed by atoms with Crippen LogP contribution in [-0.4, -0.2) is 19.0 Å². The summed E-state index contributed by atoms with van der Waals surface area (Å²) in [5.74, 6) is 0.397. The number of hydrogen-bond donors (Lipinski definition) is 2. The van der Waals surface area contributed by atoms with Crippen LogP contribution in [-0.2, 0) is 0 Å². The molecule has 2 rings (SSSR count). The molecule has 0 saturated carbocycles. The van der Waals surface area contributed by atoms with Crippen LogP contribution in [0.4, 0.5) is 10.1 Å². The molecule has 4 heteroatoms. The van der Waals surface area contributed by atoms with Gasteiger partial charge in [-0.3, -0.25) is 4.99 Å². The van der Waals surface area contributed by atoms with Gasteiger partial charge in [-0.15, -0.1) is 0 Å². The molecule has 14 heavy (non-hydrogen) atoms. The number of nitrogens with one attached hydrogen (secondary N) is 2. The molecule has 2 N–H and O–H groups in total. The highest BCUT2D eigenvalue weighted by Gasteiger charge is 2.07. The van der Waals surface area contributed by atoms with Gasteiger partial charge in [-0.1, -0.05) is 6.07 Å². The van der Waals surface area contributed by atoms with Gasteiger partial charge in [0.15, 0.2) is 5.96 Å². The minimum atomic E-state index is -0.249. The third-order valence-corrected chi connectivity index (χ3v) is 2.05. The van der Waals surface area contributed by atoms with Gasteiger partial charge >= 0.3 is 0 Å². The summed E-state index contributed by atoms with van der Waals surface area (Å²) in [6.45, 7) is 3.42. The molecule has 0 saturated heterocycles. The van der Waals surface area contributed by atoms with Crippen molar-refractivity contribution in [1.82, 2.24) is 5.32 Å². The molecule has 1 aliphatic rings. The van der Waals surface area contributed by atoms with Gasteiger partial charge in [-0.05, 0) is 24.6 Å². The van der Waals surface area contributed by atoms with Crippen molar-refractivity contribution in [3.05, 3.63) is 29.6 Å². The van der Waals surface area contributed by atoms with Crippen molar-refractivity contribution in [1.29, 1.82) is 0 Å². The summed E-state index contributed by atoms with van der Waals surface area (Å²) in [5.41, 5.74) is 1.37. The average molecular weight is 193 g/mol. The minimum Gasteiger partial charge on any atom is -0.354 e. The van der Waals surface area contributed by atoms with E-state index in [-0.39, 0.29) is 5.82 Å². The summed E-state index contributed by atoms with van der Waals surface area (Å²) in [4.78, 5) is 4.12. The van der Waals surface area contributed by atoms with Crippen molar-refractivity contribution in [3.8, 4) is 0 Å². The summed E-state index contributed by atoms with van der Waals surface area (Å²) in [7, 11) is 0. The number of benzene rings is 1. The van der Waals surface area contributed by atoms with E-state index in [1.165, 1.54) is 6.07 Å². The fraction of sp³-hybridized carbons (Fsp3) is 0.300. The van der Waals surface area contributed by atoms with Crippen LogP contribution in [0.5, 0.6) is 0 Å². The topological polar surface area (TPSA) is 36.4 Å². The fourth-order valence-electron chi connectivity index (χ4n) is 1.33. The number of rotatable bonds is 1. The Morgan fingerprint density at radius 3 is 3.00 bits per heavy atom. The summed E-state index contributed by atoms with van der Waals surface area (Å²) < 4.78 is 13.4. The van der Waals surface area contributed by atoms with E-state index in [9.17, 15) is 4.39 Å². The molecule has 0 aliphatic carbocycles. The monoisotopic (exact) mass is 193 g/mol. The standard InChI is InChI=1S/C10H12FN3/c1-7-2-3-9(8(11)6-7)14-10-12-4-5-13-10/h2-3,6H,4-5H2,1H3,(H2,12,13,14). The number of anilines is 1. The van der Waals surface area contributed by atoms with Gasteiger partial charge in [0, 0.05) is 6.54 Å². The first-order valence-electron chi connectivity index (χ1n) is 4.57. The zero-order chi connectivity index (χ0) is 9.97. The highest BCUT2D eigenvalue weighted by Crippen LogP contribution is 2.15. The van der Waals surface area contributed by atoms with Crippen molar-refractivity contribution in [2.75, 3.05) is 18.4 Å². The molecular weight excluding hydrogens is 181 g/mol. The Bertz CT molecular complexity index is 374. The Morgan fingerprint density at radius 1 is 1.50 bits per heavy atom. The van der Waals surface area contributed by atoms with Crippen LogP contribution in [0.15, 0.2) is 23.2 Å². The number of hydrogen-bond acceptors (Lipinski definition) is 3. The second-order valence-corrected chi connectivity index (χ2v) is 3.27.